The summed E-state index contributed by atoms with van der Waals surface area (Å²) in [5.74, 6) is -3.54. The van der Waals surface area contributed by atoms with E-state index in [0.717, 1.165) is 12.1 Å². The van der Waals surface area contributed by atoms with Gasteiger partial charge in [-0.2, -0.15) is 26.3 Å². The van der Waals surface area contributed by atoms with Gasteiger partial charge in [0.2, 0.25) is 11.7 Å². The molecule has 0 saturated heterocycles. The number of carbonyl (C=O) groups is 3. The highest BCUT2D eigenvalue weighted by Gasteiger charge is 2.44. The number of hydrogen-bond acceptors (Lipinski definition) is 5. The normalized spacial score (nSPS) is 16.0. The van der Waals surface area contributed by atoms with Gasteiger partial charge in [0.05, 0.1) is 27.7 Å². The van der Waals surface area contributed by atoms with Crippen molar-refractivity contribution >= 4 is 40.8 Å². The maximum Gasteiger partial charge on any atom is 0.416 e. The van der Waals surface area contributed by atoms with Crippen LogP contribution in [0.2, 0.25) is 10.0 Å². The van der Waals surface area contributed by atoms with E-state index in [0.29, 0.717) is 37.1 Å². The number of ketones is 1. The van der Waals surface area contributed by atoms with Gasteiger partial charge in [0.15, 0.2) is 5.75 Å². The van der Waals surface area contributed by atoms with Crippen LogP contribution in [0, 0.1) is 0 Å². The molecule has 0 heterocycles. The Morgan fingerprint density at radius 3 is 2.00 bits per heavy atom. The molecule has 1 aliphatic rings. The van der Waals surface area contributed by atoms with Crippen LogP contribution in [0.25, 0.3) is 0 Å². The zero-order chi connectivity index (χ0) is 30.7. The van der Waals surface area contributed by atoms with E-state index >= 15 is 0 Å². The van der Waals surface area contributed by atoms with Crippen molar-refractivity contribution in [1.29, 1.82) is 0 Å². The molecule has 1 fully saturated rings. The van der Waals surface area contributed by atoms with Crippen LogP contribution in [0.1, 0.15) is 48.9 Å². The lowest BCUT2D eigenvalue weighted by molar-refractivity contribution is -0.161. The second-order valence-corrected chi connectivity index (χ2v) is 10.3. The van der Waals surface area contributed by atoms with Gasteiger partial charge in [-0.15, -0.1) is 0 Å². The predicted molar refractivity (Wildman–Crippen MR) is 137 cm³/mol. The van der Waals surface area contributed by atoms with Crippen molar-refractivity contribution in [1.82, 2.24) is 16.0 Å². The van der Waals surface area contributed by atoms with Crippen molar-refractivity contribution in [2.75, 3.05) is 0 Å². The molecule has 2 aromatic carbocycles. The maximum atomic E-state index is 14.2. The number of amides is 2. The summed E-state index contributed by atoms with van der Waals surface area (Å²) in [6, 6.07) is -1.33. The Bertz CT molecular complexity index is 1260. The van der Waals surface area contributed by atoms with Crippen LogP contribution in [0.5, 0.6) is 5.75 Å². The first kappa shape index (κ1) is 32.5. The Hall–Kier alpha value is -3.03. The quantitative estimate of drug-likeness (QED) is 0.201. The van der Waals surface area contributed by atoms with Crippen molar-refractivity contribution in [2.45, 2.75) is 69.1 Å². The zero-order valence-electron chi connectivity index (χ0n) is 21.3. The number of aromatic hydroxyl groups is 1. The first-order valence-corrected chi connectivity index (χ1v) is 13.1. The van der Waals surface area contributed by atoms with Crippen LogP contribution < -0.4 is 16.0 Å². The van der Waals surface area contributed by atoms with Crippen LogP contribution >= 0.6 is 23.2 Å². The van der Waals surface area contributed by atoms with Crippen LogP contribution in [0.15, 0.2) is 36.4 Å². The smallest absolute Gasteiger partial charge is 0.416 e. The third-order valence-electron chi connectivity index (χ3n) is 6.28. The number of phenolic OH excluding ortho intramolecular Hbond substituents is 1. The summed E-state index contributed by atoms with van der Waals surface area (Å²) in [7, 11) is 0. The molecule has 1 saturated carbocycles. The average molecular weight is 628 g/mol. The molecule has 3 atom stereocenters. The highest BCUT2D eigenvalue weighted by atomic mass is 35.5. The van der Waals surface area contributed by atoms with Crippen LogP contribution in [-0.2, 0) is 27.0 Å². The number of rotatable bonds is 11. The molecule has 7 nitrogen and oxygen atoms in total. The topological polar surface area (TPSA) is 108 Å². The molecule has 3 rings (SSSR count). The molecule has 0 aromatic heterocycles. The summed E-state index contributed by atoms with van der Waals surface area (Å²) >= 11 is 11.8. The lowest BCUT2D eigenvalue weighted by atomic mass is 9.99. The molecule has 1 aliphatic carbocycles. The number of benzene rings is 2. The molecule has 0 aliphatic heterocycles. The summed E-state index contributed by atoms with van der Waals surface area (Å²) < 4.78 is 81.4. The fourth-order valence-corrected chi connectivity index (χ4v) is 4.44. The van der Waals surface area contributed by atoms with Gasteiger partial charge in [-0.25, -0.2) is 0 Å². The Balaban J connectivity index is 1.93. The number of nitrogens with one attached hydrogen (secondary N) is 3. The van der Waals surface area contributed by atoms with E-state index in [1.165, 1.54) is 6.92 Å². The van der Waals surface area contributed by atoms with Crippen molar-refractivity contribution in [3.05, 3.63) is 63.1 Å². The third-order valence-corrected chi connectivity index (χ3v) is 6.85. The Morgan fingerprint density at radius 1 is 0.976 bits per heavy atom. The van der Waals surface area contributed by atoms with Gasteiger partial charge in [0.25, 0.3) is 5.91 Å². The zero-order valence-corrected chi connectivity index (χ0v) is 22.8. The first-order valence-electron chi connectivity index (χ1n) is 12.3. The number of alkyl halides is 6. The molecular formula is C26H25Cl2F6N3O4. The molecule has 0 unspecified atom stereocenters. The molecule has 4 N–H and O–H groups in total. The molecule has 224 valence electrons. The SMILES string of the molecule is CC[C@H](NC(=O)[C@H](Cc1cc(Cl)c(O)c(Cl)c1)N[C@@H](c1ccc(C(F)(F)F)cc1)C(F)(F)F)C(=O)C(=O)NC1CC1. The maximum absolute atomic E-state index is 14.2. The summed E-state index contributed by atoms with van der Waals surface area (Å²) in [5, 5.41) is 16.2. The highest BCUT2D eigenvalue weighted by molar-refractivity contribution is 6.38. The van der Waals surface area contributed by atoms with Gasteiger partial charge in [0.1, 0.15) is 6.04 Å². The second kappa shape index (κ2) is 12.9. The minimum absolute atomic E-state index is 0.0617. The molecule has 0 bridgehead atoms. The van der Waals surface area contributed by atoms with Crippen LogP contribution in [0.3, 0.4) is 0 Å². The standard InChI is InChI=1S/C26H25Cl2F6N3O4/c1-2-18(21(39)24(41)35-15-7-8-15)37-23(40)19(11-12-9-16(27)20(38)17(28)10-12)36-22(26(32,33)34)13-3-5-14(6-4-13)25(29,30)31/h3-6,9-10,15,18-19,22,36,38H,2,7-8,11H2,1H3,(H,35,41)(H,37,40)/t18-,19-,22-/m0/s1. The van der Waals surface area contributed by atoms with Gasteiger partial charge < -0.3 is 15.7 Å². The molecule has 0 spiro atoms. The van der Waals surface area contributed by atoms with Gasteiger partial charge in [-0.1, -0.05) is 42.3 Å². The number of hydrogen-bond donors (Lipinski definition) is 4. The fraction of sp³-hybridized carbons (Fsp3) is 0.423. The third kappa shape index (κ3) is 8.73. The first-order chi connectivity index (χ1) is 19.0. The van der Waals surface area contributed by atoms with Crippen molar-refractivity contribution in [3.63, 3.8) is 0 Å². The summed E-state index contributed by atoms with van der Waals surface area (Å²) in [4.78, 5) is 38.1. The summed E-state index contributed by atoms with van der Waals surface area (Å²) in [6.45, 7) is 1.48. The molecule has 2 amide bonds. The lowest BCUT2D eigenvalue weighted by Gasteiger charge is -2.29. The lowest BCUT2D eigenvalue weighted by Crippen LogP contribution is -2.55. The van der Waals surface area contributed by atoms with Crippen LogP contribution in [0.4, 0.5) is 26.3 Å². The number of halogens is 8. The molecule has 41 heavy (non-hydrogen) atoms. The summed E-state index contributed by atoms with van der Waals surface area (Å²) in [5.41, 5.74) is -1.67. The van der Waals surface area contributed by atoms with E-state index in [1.54, 1.807) is 0 Å². The average Bonchev–Trinajstić information content (AvgIpc) is 3.70. The Morgan fingerprint density at radius 2 is 1.54 bits per heavy atom. The number of carbonyl (C=O) groups excluding carboxylic acids is 3. The van der Waals surface area contributed by atoms with E-state index < -0.39 is 71.4 Å². The van der Waals surface area contributed by atoms with Gasteiger partial charge in [-0.3, -0.25) is 19.7 Å². The van der Waals surface area contributed by atoms with E-state index in [1.807, 2.05) is 0 Å². The molecular weight excluding hydrogens is 603 g/mol. The van der Waals surface area contributed by atoms with Gasteiger partial charge in [0, 0.05) is 6.04 Å². The predicted octanol–water partition coefficient (Wildman–Crippen LogP) is 5.26. The van der Waals surface area contributed by atoms with Gasteiger partial charge >= 0.3 is 12.4 Å². The minimum atomic E-state index is -5.08. The molecule has 2 aromatic rings. The van der Waals surface area contributed by atoms with E-state index in [-0.39, 0.29) is 28.1 Å². The number of Topliss-reactive ketones (excluding diaryl/α,β-unsaturated/α-hetero) is 1. The highest BCUT2D eigenvalue weighted by Crippen LogP contribution is 2.37. The molecule has 0 radical (unpaired) electrons. The van der Waals surface area contributed by atoms with E-state index in [2.05, 4.69) is 16.0 Å². The monoisotopic (exact) mass is 627 g/mol. The van der Waals surface area contributed by atoms with E-state index in [4.69, 9.17) is 23.2 Å². The van der Waals surface area contributed by atoms with E-state index in [9.17, 15) is 45.8 Å². The van der Waals surface area contributed by atoms with Crippen molar-refractivity contribution < 1.29 is 45.8 Å². The fourth-order valence-electron chi connectivity index (χ4n) is 3.91. The molecule has 15 heteroatoms. The largest absolute Gasteiger partial charge is 0.505 e. The van der Waals surface area contributed by atoms with Crippen LogP contribution in [-0.4, -0.2) is 47.0 Å². The van der Waals surface area contributed by atoms with Crippen molar-refractivity contribution in [3.8, 4) is 5.75 Å². The Kier molecular flexibility index (Phi) is 10.2. The van der Waals surface area contributed by atoms with Gasteiger partial charge in [-0.05, 0) is 61.1 Å². The Labute approximate surface area is 240 Å². The summed E-state index contributed by atoms with van der Waals surface area (Å²) in [6.07, 6.45) is -9.05. The second-order valence-electron chi connectivity index (χ2n) is 9.51. The number of phenols is 1. The minimum Gasteiger partial charge on any atom is -0.505 e. The van der Waals surface area contributed by atoms with Crippen molar-refractivity contribution in [2.24, 2.45) is 0 Å².